The quantitative estimate of drug-likeness (QED) is 0.173. The van der Waals surface area contributed by atoms with Gasteiger partial charge in [-0.05, 0) is 39.1 Å². The van der Waals surface area contributed by atoms with E-state index in [1.165, 1.54) is 19.1 Å². The van der Waals surface area contributed by atoms with Crippen molar-refractivity contribution in [2.75, 3.05) is 13.7 Å². The number of halogens is 2. The van der Waals surface area contributed by atoms with Crippen molar-refractivity contribution < 1.29 is 18.3 Å². The standard InChI is InChI=1S/C17H22N4O2.C8H8F2.C2H6/c1-12(14(3)18-5)10-23-17(19-6)8-7-13(2)21-9-16(15(4)22)20-11-21;1-6-2-4-7(5-3-6)8(9)10;1-2/h7-9,11H,2,5,10H2,1,3-4,6H3;2-5,8H,1H3;1-2H3/b8-7-,14-12+,19-17?;;. The van der Waals surface area contributed by atoms with Crippen molar-refractivity contribution in [2.24, 2.45) is 9.98 Å². The highest BCUT2D eigenvalue weighted by Crippen LogP contribution is 2.18. The molecule has 190 valence electrons. The van der Waals surface area contributed by atoms with E-state index in [1.807, 2.05) is 34.6 Å². The van der Waals surface area contributed by atoms with Crippen LogP contribution >= 0.6 is 0 Å². The lowest BCUT2D eigenvalue weighted by molar-refractivity contribution is 0.101. The van der Waals surface area contributed by atoms with Crippen LogP contribution in [0.3, 0.4) is 0 Å². The number of aryl methyl sites for hydroxylation is 1. The van der Waals surface area contributed by atoms with E-state index >= 15 is 0 Å². The second-order valence-corrected chi connectivity index (χ2v) is 7.13. The molecule has 1 aromatic carbocycles. The summed E-state index contributed by atoms with van der Waals surface area (Å²) in [6, 6.07) is 6.25. The Morgan fingerprint density at radius 3 is 2.23 bits per heavy atom. The predicted molar refractivity (Wildman–Crippen MR) is 141 cm³/mol. The van der Waals surface area contributed by atoms with E-state index in [4.69, 9.17) is 4.74 Å². The summed E-state index contributed by atoms with van der Waals surface area (Å²) in [6.07, 6.45) is 4.27. The maximum absolute atomic E-state index is 11.9. The number of ketones is 1. The van der Waals surface area contributed by atoms with Crippen LogP contribution in [0, 0.1) is 6.92 Å². The van der Waals surface area contributed by atoms with Crippen molar-refractivity contribution >= 4 is 24.1 Å². The number of aromatic nitrogens is 2. The molecule has 8 heteroatoms. The molecule has 0 aliphatic carbocycles. The second-order valence-electron chi connectivity index (χ2n) is 7.13. The number of Topliss-reactive ketones (excluding diaryl/α,β-unsaturated/α-hetero) is 1. The van der Waals surface area contributed by atoms with E-state index in [-0.39, 0.29) is 11.3 Å². The predicted octanol–water partition coefficient (Wildman–Crippen LogP) is 7.11. The van der Waals surface area contributed by atoms with Crippen LogP contribution in [0.1, 0.15) is 62.7 Å². The maximum Gasteiger partial charge on any atom is 0.263 e. The molecule has 0 aliphatic heterocycles. The van der Waals surface area contributed by atoms with E-state index in [0.29, 0.717) is 23.9 Å². The third-order valence-corrected chi connectivity index (χ3v) is 4.53. The number of hydrogen-bond donors (Lipinski definition) is 0. The zero-order valence-corrected chi connectivity index (χ0v) is 21.7. The van der Waals surface area contributed by atoms with Gasteiger partial charge in [0.15, 0.2) is 5.78 Å². The number of nitrogens with zero attached hydrogens (tertiary/aromatic N) is 4. The van der Waals surface area contributed by atoms with E-state index in [1.54, 1.807) is 48.4 Å². The average Bonchev–Trinajstić information content (AvgIpc) is 3.36. The van der Waals surface area contributed by atoms with Crippen LogP contribution in [-0.2, 0) is 4.74 Å². The minimum Gasteiger partial charge on any atom is -0.473 e. The fourth-order valence-electron chi connectivity index (χ4n) is 2.24. The second kappa shape index (κ2) is 16.9. The van der Waals surface area contributed by atoms with E-state index < -0.39 is 6.43 Å². The molecule has 0 saturated carbocycles. The molecule has 35 heavy (non-hydrogen) atoms. The van der Waals surface area contributed by atoms with Gasteiger partial charge in [-0.3, -0.25) is 14.8 Å². The number of imidazole rings is 1. The molecule has 0 saturated heterocycles. The molecule has 1 aromatic heterocycles. The molecule has 2 aromatic rings. The van der Waals surface area contributed by atoms with Gasteiger partial charge in [0.1, 0.15) is 18.6 Å². The summed E-state index contributed by atoms with van der Waals surface area (Å²) in [6.45, 7) is 18.9. The van der Waals surface area contributed by atoms with Crippen molar-refractivity contribution in [3.05, 3.63) is 83.6 Å². The number of aliphatic imine (C=N–C) groups is 2. The number of hydrogen-bond acceptors (Lipinski definition) is 5. The van der Waals surface area contributed by atoms with Crippen molar-refractivity contribution in [1.82, 2.24) is 9.55 Å². The lowest BCUT2D eigenvalue weighted by atomic mass is 10.2. The first-order valence-electron chi connectivity index (χ1n) is 11.1. The molecular formula is C27H36F2N4O2. The molecule has 6 nitrogen and oxygen atoms in total. The summed E-state index contributed by atoms with van der Waals surface area (Å²) in [5.74, 6) is 0.377. The van der Waals surface area contributed by atoms with Gasteiger partial charge in [0.25, 0.3) is 6.43 Å². The summed E-state index contributed by atoms with van der Waals surface area (Å²) >= 11 is 0. The number of carbonyl (C=O) groups is 1. The number of alkyl halides is 2. The van der Waals surface area contributed by atoms with Crippen LogP contribution in [0.2, 0.25) is 0 Å². The molecule has 0 fully saturated rings. The van der Waals surface area contributed by atoms with Crippen molar-refractivity contribution in [1.29, 1.82) is 0 Å². The molecule has 0 unspecified atom stereocenters. The monoisotopic (exact) mass is 486 g/mol. The first-order chi connectivity index (χ1) is 16.6. The molecule has 2 rings (SSSR count). The first-order valence-corrected chi connectivity index (χ1v) is 11.1. The Labute approximate surface area is 207 Å². The molecular weight excluding hydrogens is 450 g/mol. The van der Waals surface area contributed by atoms with Crippen molar-refractivity contribution in [2.45, 2.75) is 48.0 Å². The summed E-state index contributed by atoms with van der Waals surface area (Å²) in [7, 11) is 1.64. The minimum atomic E-state index is -2.35. The van der Waals surface area contributed by atoms with Crippen LogP contribution in [0.5, 0.6) is 0 Å². The average molecular weight is 487 g/mol. The Hall–Kier alpha value is -3.68. The Morgan fingerprint density at radius 2 is 1.77 bits per heavy atom. The van der Waals surface area contributed by atoms with Crippen LogP contribution < -0.4 is 0 Å². The van der Waals surface area contributed by atoms with Gasteiger partial charge in [-0.25, -0.2) is 13.8 Å². The zero-order valence-electron chi connectivity index (χ0n) is 21.7. The maximum atomic E-state index is 11.9. The number of ether oxygens (including phenoxy) is 1. The van der Waals surface area contributed by atoms with E-state index in [9.17, 15) is 13.6 Å². The summed E-state index contributed by atoms with van der Waals surface area (Å²) in [4.78, 5) is 23.2. The number of rotatable bonds is 8. The molecule has 0 atom stereocenters. The van der Waals surface area contributed by atoms with Gasteiger partial charge in [0.05, 0.1) is 0 Å². The highest BCUT2D eigenvalue weighted by molar-refractivity contribution is 5.92. The van der Waals surface area contributed by atoms with Crippen LogP contribution in [0.4, 0.5) is 8.78 Å². The SMILES string of the molecule is C=N/C(C)=C(\C)COC(/C=C\C(=C)n1cnc(C(C)=O)c1)=NC.CC.Cc1ccc(C(F)F)cc1. The summed E-state index contributed by atoms with van der Waals surface area (Å²) in [5, 5.41) is 0. The number of benzene rings is 1. The number of carbonyl (C=O) groups excluding carboxylic acids is 1. The normalized spacial score (nSPS) is 11.7. The van der Waals surface area contributed by atoms with Crippen LogP contribution in [0.25, 0.3) is 5.70 Å². The smallest absolute Gasteiger partial charge is 0.263 e. The van der Waals surface area contributed by atoms with Gasteiger partial charge < -0.3 is 9.30 Å². The topological polar surface area (TPSA) is 68.8 Å². The highest BCUT2D eigenvalue weighted by atomic mass is 19.3. The van der Waals surface area contributed by atoms with Crippen molar-refractivity contribution in [3.8, 4) is 0 Å². The Balaban J connectivity index is 0.000000798. The Kier molecular flexibility index (Phi) is 15.1. The lowest BCUT2D eigenvalue weighted by Gasteiger charge is -2.07. The zero-order chi connectivity index (χ0) is 27.0. The molecule has 0 amide bonds. The van der Waals surface area contributed by atoms with Gasteiger partial charge in [-0.15, -0.1) is 0 Å². The number of allylic oxidation sites excluding steroid dienone is 3. The summed E-state index contributed by atoms with van der Waals surface area (Å²) in [5.41, 5.74) is 3.95. The summed E-state index contributed by atoms with van der Waals surface area (Å²) < 4.78 is 31.1. The van der Waals surface area contributed by atoms with Crippen LogP contribution in [0.15, 0.2) is 76.8 Å². The lowest BCUT2D eigenvalue weighted by Crippen LogP contribution is -2.05. The third kappa shape index (κ3) is 11.8. The van der Waals surface area contributed by atoms with Crippen LogP contribution in [-0.4, -0.2) is 41.6 Å². The first kappa shape index (κ1) is 31.3. The van der Waals surface area contributed by atoms with E-state index in [2.05, 4.69) is 28.3 Å². The van der Waals surface area contributed by atoms with Gasteiger partial charge in [0.2, 0.25) is 5.90 Å². The fraction of sp³-hybridized carbons (Fsp3) is 0.333. The molecule has 0 bridgehead atoms. The molecule has 0 radical (unpaired) electrons. The van der Waals surface area contributed by atoms with E-state index in [0.717, 1.165) is 16.8 Å². The largest absolute Gasteiger partial charge is 0.473 e. The molecule has 0 aliphatic rings. The minimum absolute atomic E-state index is 0.0885. The molecule has 0 spiro atoms. The Bertz CT molecular complexity index is 1050. The fourth-order valence-corrected chi connectivity index (χ4v) is 2.24. The van der Waals surface area contributed by atoms with Gasteiger partial charge in [-0.1, -0.05) is 50.3 Å². The van der Waals surface area contributed by atoms with Crippen molar-refractivity contribution in [3.63, 3.8) is 0 Å². The Morgan fingerprint density at radius 1 is 1.17 bits per heavy atom. The molecule has 0 N–H and O–H groups in total. The van der Waals surface area contributed by atoms with Gasteiger partial charge >= 0.3 is 0 Å². The third-order valence-electron chi connectivity index (χ3n) is 4.53. The van der Waals surface area contributed by atoms with Gasteiger partial charge in [0, 0.05) is 43.2 Å². The molecule has 1 heterocycles. The van der Waals surface area contributed by atoms with Gasteiger partial charge in [-0.2, -0.15) is 0 Å². The highest BCUT2D eigenvalue weighted by Gasteiger charge is 2.05.